The number of hydrogen-bond acceptors (Lipinski definition) is 7. The highest BCUT2D eigenvalue weighted by Gasteiger charge is 2.31. The summed E-state index contributed by atoms with van der Waals surface area (Å²) in [6.07, 6.45) is -3.29. The van der Waals surface area contributed by atoms with Gasteiger partial charge in [0.15, 0.2) is 11.4 Å². The van der Waals surface area contributed by atoms with Crippen LogP contribution in [0.2, 0.25) is 0 Å². The Hall–Kier alpha value is -3.83. The van der Waals surface area contributed by atoms with Crippen molar-refractivity contribution in [2.75, 3.05) is 36.4 Å². The molecule has 3 heterocycles. The molecule has 4 rings (SSSR count). The predicted molar refractivity (Wildman–Crippen MR) is 105 cm³/mol. The van der Waals surface area contributed by atoms with Crippen LogP contribution in [-0.2, 0) is 6.18 Å². The number of benzene rings is 1. The number of alkyl halides is 3. The number of hydrogen-bond donors (Lipinski definition) is 1. The minimum absolute atomic E-state index is 0.00384. The van der Waals surface area contributed by atoms with Crippen molar-refractivity contribution in [2.45, 2.75) is 13.1 Å². The molecular formula is C20H18F3N5O4. The summed E-state index contributed by atoms with van der Waals surface area (Å²) < 4.78 is 48.8. The summed E-state index contributed by atoms with van der Waals surface area (Å²) in [5, 5.41) is 5.97. The molecule has 0 aliphatic carbocycles. The van der Waals surface area contributed by atoms with Crippen LogP contribution in [0.1, 0.15) is 32.3 Å². The molecule has 0 spiro atoms. The van der Waals surface area contributed by atoms with Crippen molar-refractivity contribution in [1.82, 2.24) is 15.0 Å². The van der Waals surface area contributed by atoms with Gasteiger partial charge < -0.3 is 18.7 Å². The van der Waals surface area contributed by atoms with Crippen molar-refractivity contribution in [3.05, 3.63) is 59.3 Å². The van der Waals surface area contributed by atoms with E-state index in [0.717, 1.165) is 18.4 Å². The lowest BCUT2D eigenvalue weighted by atomic mass is 10.1. The summed E-state index contributed by atoms with van der Waals surface area (Å²) >= 11 is 0. The molecule has 1 saturated heterocycles. The number of oxazole rings is 1. The van der Waals surface area contributed by atoms with Gasteiger partial charge in [0.05, 0.1) is 5.56 Å². The quantitative estimate of drug-likeness (QED) is 0.652. The van der Waals surface area contributed by atoms with Gasteiger partial charge in [-0.25, -0.2) is 0 Å². The van der Waals surface area contributed by atoms with Crippen molar-refractivity contribution in [3.63, 3.8) is 0 Å². The van der Waals surface area contributed by atoms with Gasteiger partial charge in [-0.05, 0) is 25.1 Å². The number of carbonyl (C=O) groups is 2. The van der Waals surface area contributed by atoms with Crippen molar-refractivity contribution >= 4 is 23.5 Å². The van der Waals surface area contributed by atoms with Crippen LogP contribution >= 0.6 is 0 Å². The summed E-state index contributed by atoms with van der Waals surface area (Å²) in [6, 6.07) is 6.36. The van der Waals surface area contributed by atoms with Crippen LogP contribution in [-0.4, -0.2) is 53.0 Å². The maximum absolute atomic E-state index is 12.9. The van der Waals surface area contributed by atoms with Gasteiger partial charge in [-0.15, -0.1) is 0 Å². The molecule has 0 bridgehead atoms. The van der Waals surface area contributed by atoms with Crippen LogP contribution < -0.4 is 10.2 Å². The Morgan fingerprint density at radius 1 is 1.09 bits per heavy atom. The number of amides is 2. The third-order valence-corrected chi connectivity index (χ3v) is 4.91. The number of halogens is 3. The zero-order chi connectivity index (χ0) is 22.9. The molecular weight excluding hydrogens is 431 g/mol. The molecule has 2 aromatic heterocycles. The van der Waals surface area contributed by atoms with Gasteiger partial charge in [-0.1, -0.05) is 11.2 Å². The average molecular weight is 449 g/mol. The smallest absolute Gasteiger partial charge is 0.416 e. The van der Waals surface area contributed by atoms with E-state index < -0.39 is 23.6 Å². The average Bonchev–Trinajstić information content (AvgIpc) is 3.42. The van der Waals surface area contributed by atoms with E-state index in [-0.39, 0.29) is 17.4 Å². The van der Waals surface area contributed by atoms with E-state index in [4.69, 9.17) is 8.94 Å². The van der Waals surface area contributed by atoms with E-state index in [2.05, 4.69) is 15.5 Å². The fraction of sp³-hybridized carbons (Fsp3) is 0.300. The third kappa shape index (κ3) is 4.58. The van der Waals surface area contributed by atoms with Gasteiger partial charge in [0.1, 0.15) is 12.0 Å². The lowest BCUT2D eigenvalue weighted by Gasteiger charge is -2.36. The number of aryl methyl sites for hydroxylation is 1. The number of nitrogens with one attached hydrogen (secondary N) is 1. The van der Waals surface area contributed by atoms with E-state index in [9.17, 15) is 22.8 Å². The number of nitrogens with zero attached hydrogens (tertiary/aromatic N) is 4. The Morgan fingerprint density at radius 3 is 2.50 bits per heavy atom. The topological polar surface area (TPSA) is 105 Å². The van der Waals surface area contributed by atoms with E-state index in [0.29, 0.717) is 37.6 Å². The minimum Gasteiger partial charge on any atom is -0.431 e. The van der Waals surface area contributed by atoms with Crippen molar-refractivity contribution in [2.24, 2.45) is 0 Å². The summed E-state index contributed by atoms with van der Waals surface area (Å²) in [5.74, 6) is -0.546. The molecule has 1 N–H and O–H groups in total. The first-order chi connectivity index (χ1) is 15.2. The van der Waals surface area contributed by atoms with Crippen LogP contribution in [0, 0.1) is 6.92 Å². The van der Waals surface area contributed by atoms with Crippen LogP contribution in [0.5, 0.6) is 0 Å². The van der Waals surface area contributed by atoms with Gasteiger partial charge in [0.25, 0.3) is 11.8 Å². The maximum atomic E-state index is 12.9. The zero-order valence-corrected chi connectivity index (χ0v) is 16.8. The second-order valence-corrected chi connectivity index (χ2v) is 7.14. The lowest BCUT2D eigenvalue weighted by Crippen LogP contribution is -2.49. The molecule has 2 amide bonds. The number of rotatable bonds is 4. The molecule has 1 aliphatic heterocycles. The fourth-order valence-corrected chi connectivity index (χ4v) is 3.27. The van der Waals surface area contributed by atoms with E-state index >= 15 is 0 Å². The largest absolute Gasteiger partial charge is 0.431 e. The molecule has 1 aromatic carbocycles. The summed E-state index contributed by atoms with van der Waals surface area (Å²) in [7, 11) is 0. The maximum Gasteiger partial charge on any atom is 0.416 e. The number of aromatic nitrogens is 2. The van der Waals surface area contributed by atoms with Crippen LogP contribution in [0.4, 0.5) is 24.9 Å². The number of carbonyl (C=O) groups excluding carboxylic acids is 2. The Kier molecular flexibility index (Phi) is 5.59. The molecule has 32 heavy (non-hydrogen) atoms. The van der Waals surface area contributed by atoms with Gasteiger partial charge in [-0.3, -0.25) is 14.9 Å². The summed E-state index contributed by atoms with van der Waals surface area (Å²) in [5.41, 5.74) is -0.226. The minimum atomic E-state index is -4.42. The van der Waals surface area contributed by atoms with Crippen molar-refractivity contribution in [1.29, 1.82) is 0 Å². The van der Waals surface area contributed by atoms with E-state index in [1.54, 1.807) is 17.9 Å². The molecule has 3 aromatic rings. The molecule has 1 aliphatic rings. The highest BCUT2D eigenvalue weighted by molar-refractivity contribution is 6.02. The SMILES string of the molecule is Cc1cc(C(=O)Nc2nc(C(=O)N3CCN(c4cccc(C(F)(F)F)c4)CC3)co2)no1. The second kappa shape index (κ2) is 8.36. The van der Waals surface area contributed by atoms with Crippen LogP contribution in [0.25, 0.3) is 0 Å². The normalized spacial score (nSPS) is 14.5. The molecule has 0 atom stereocenters. The first-order valence-electron chi connectivity index (χ1n) is 9.62. The van der Waals surface area contributed by atoms with Crippen LogP contribution in [0.3, 0.4) is 0 Å². The Labute approximate surface area is 179 Å². The molecule has 0 saturated carbocycles. The number of anilines is 2. The summed E-state index contributed by atoms with van der Waals surface area (Å²) in [4.78, 5) is 32.1. The van der Waals surface area contributed by atoms with Crippen LogP contribution in [0.15, 0.2) is 45.5 Å². The highest BCUT2D eigenvalue weighted by Crippen LogP contribution is 2.32. The molecule has 9 nitrogen and oxygen atoms in total. The molecule has 0 unspecified atom stereocenters. The Balaban J connectivity index is 1.35. The first kappa shape index (κ1) is 21.4. The fourth-order valence-electron chi connectivity index (χ4n) is 3.27. The van der Waals surface area contributed by atoms with Gasteiger partial charge in [-0.2, -0.15) is 18.2 Å². The van der Waals surface area contributed by atoms with E-state index in [1.165, 1.54) is 17.0 Å². The monoisotopic (exact) mass is 449 g/mol. The highest BCUT2D eigenvalue weighted by atomic mass is 19.4. The van der Waals surface area contributed by atoms with Crippen molar-refractivity contribution < 1.29 is 31.7 Å². The van der Waals surface area contributed by atoms with Gasteiger partial charge >= 0.3 is 12.2 Å². The Morgan fingerprint density at radius 2 is 1.84 bits per heavy atom. The van der Waals surface area contributed by atoms with E-state index in [1.807, 2.05) is 0 Å². The molecule has 12 heteroatoms. The number of piperazine rings is 1. The second-order valence-electron chi connectivity index (χ2n) is 7.14. The molecule has 0 radical (unpaired) electrons. The van der Waals surface area contributed by atoms with Gasteiger partial charge in [0.2, 0.25) is 0 Å². The summed E-state index contributed by atoms with van der Waals surface area (Å²) in [6.45, 7) is 2.95. The standard InChI is InChI=1S/C20H18F3N5O4/c1-12-9-15(26-32-12)17(29)25-19-24-16(11-31-19)18(30)28-7-5-27(6-8-28)14-4-2-3-13(10-14)20(21,22)23/h2-4,9-11H,5-8H2,1H3,(H,24,25,29). The third-order valence-electron chi connectivity index (χ3n) is 4.91. The van der Waals surface area contributed by atoms with Gasteiger partial charge in [0, 0.05) is 37.9 Å². The lowest BCUT2D eigenvalue weighted by molar-refractivity contribution is -0.137. The molecule has 1 fully saturated rings. The first-order valence-corrected chi connectivity index (χ1v) is 9.62. The predicted octanol–water partition coefficient (Wildman–Crippen LogP) is 3.20. The zero-order valence-electron chi connectivity index (χ0n) is 16.8. The Bertz CT molecular complexity index is 1130. The molecule has 168 valence electrons. The van der Waals surface area contributed by atoms with Crippen molar-refractivity contribution in [3.8, 4) is 0 Å².